The van der Waals surface area contributed by atoms with Gasteiger partial charge in [0.1, 0.15) is 6.33 Å². The third-order valence-corrected chi connectivity index (χ3v) is 3.28. The first-order valence-electron chi connectivity index (χ1n) is 5.93. The first-order valence-corrected chi connectivity index (χ1v) is 5.93. The minimum Gasteiger partial charge on any atom is -0.481 e. The number of methoxy groups -OCH3 is 1. The van der Waals surface area contributed by atoms with Crippen LogP contribution in [0.5, 0.6) is 5.88 Å². The lowest BCUT2D eigenvalue weighted by atomic mass is 9.76. The summed E-state index contributed by atoms with van der Waals surface area (Å²) >= 11 is 0. The number of ether oxygens (including phenoxy) is 1. The molecule has 0 amide bonds. The molecular weight excluding hydrogens is 200 g/mol. The van der Waals surface area contributed by atoms with Crippen molar-refractivity contribution in [2.24, 2.45) is 0 Å². The van der Waals surface area contributed by atoms with Gasteiger partial charge in [-0.25, -0.2) is 9.97 Å². The van der Waals surface area contributed by atoms with Crippen molar-refractivity contribution < 1.29 is 4.74 Å². The Bertz CT molecular complexity index is 378. The molecule has 1 aliphatic rings. The van der Waals surface area contributed by atoms with E-state index < -0.39 is 0 Å². The third kappa shape index (κ3) is 1.91. The van der Waals surface area contributed by atoms with Crippen LogP contribution in [0.15, 0.2) is 6.33 Å². The van der Waals surface area contributed by atoms with Crippen LogP contribution in [0.2, 0.25) is 0 Å². The highest BCUT2D eigenvalue weighted by Gasteiger charge is 2.31. The van der Waals surface area contributed by atoms with Crippen molar-refractivity contribution in [3.8, 4) is 5.88 Å². The van der Waals surface area contributed by atoms with Gasteiger partial charge in [0.2, 0.25) is 5.88 Å². The van der Waals surface area contributed by atoms with Crippen LogP contribution in [0.1, 0.15) is 57.2 Å². The molecule has 3 nitrogen and oxygen atoms in total. The standard InChI is InChI=1S/C13H20N2O/c1-13(2,3)10-11(9-6-5-7-9)14-8-15-12(10)16-4/h8-9H,5-7H2,1-4H3. The number of rotatable bonds is 2. The molecule has 0 unspecified atom stereocenters. The van der Waals surface area contributed by atoms with Crippen molar-refractivity contribution >= 4 is 0 Å². The van der Waals surface area contributed by atoms with E-state index in [2.05, 4.69) is 30.7 Å². The summed E-state index contributed by atoms with van der Waals surface area (Å²) in [5.41, 5.74) is 2.42. The monoisotopic (exact) mass is 220 g/mol. The quantitative estimate of drug-likeness (QED) is 0.768. The molecule has 3 heteroatoms. The van der Waals surface area contributed by atoms with Gasteiger partial charge in [-0.05, 0) is 18.3 Å². The van der Waals surface area contributed by atoms with Crippen molar-refractivity contribution in [2.45, 2.75) is 51.4 Å². The Labute approximate surface area is 97.3 Å². The van der Waals surface area contributed by atoms with Crippen molar-refractivity contribution in [3.05, 3.63) is 17.6 Å². The highest BCUT2D eigenvalue weighted by molar-refractivity contribution is 5.38. The molecule has 0 spiro atoms. The topological polar surface area (TPSA) is 35.0 Å². The highest BCUT2D eigenvalue weighted by atomic mass is 16.5. The minimum absolute atomic E-state index is 0.0392. The number of nitrogens with zero attached hydrogens (tertiary/aromatic N) is 2. The maximum Gasteiger partial charge on any atom is 0.220 e. The van der Waals surface area contributed by atoms with Crippen LogP contribution in [-0.4, -0.2) is 17.1 Å². The van der Waals surface area contributed by atoms with Gasteiger partial charge in [0.25, 0.3) is 0 Å². The molecule has 0 radical (unpaired) electrons. The number of hydrogen-bond acceptors (Lipinski definition) is 3. The molecule has 1 heterocycles. The first kappa shape index (κ1) is 11.4. The van der Waals surface area contributed by atoms with Crippen LogP contribution < -0.4 is 4.74 Å². The smallest absolute Gasteiger partial charge is 0.220 e. The van der Waals surface area contributed by atoms with E-state index in [1.54, 1.807) is 13.4 Å². The maximum absolute atomic E-state index is 5.38. The molecule has 0 N–H and O–H groups in total. The number of aromatic nitrogens is 2. The van der Waals surface area contributed by atoms with E-state index >= 15 is 0 Å². The van der Waals surface area contributed by atoms with Crippen LogP contribution in [0.3, 0.4) is 0 Å². The third-order valence-electron chi connectivity index (χ3n) is 3.28. The van der Waals surface area contributed by atoms with Gasteiger partial charge < -0.3 is 4.74 Å². The SMILES string of the molecule is COc1ncnc(C2CCC2)c1C(C)(C)C. The van der Waals surface area contributed by atoms with E-state index in [1.807, 2.05) is 0 Å². The van der Waals surface area contributed by atoms with E-state index in [1.165, 1.54) is 30.5 Å². The Morgan fingerprint density at radius 1 is 1.25 bits per heavy atom. The summed E-state index contributed by atoms with van der Waals surface area (Å²) in [5, 5.41) is 0. The zero-order valence-electron chi connectivity index (χ0n) is 10.6. The Balaban J connectivity index is 2.50. The summed E-state index contributed by atoms with van der Waals surface area (Å²) < 4.78 is 5.38. The van der Waals surface area contributed by atoms with Gasteiger partial charge in [0, 0.05) is 11.5 Å². The first-order chi connectivity index (χ1) is 7.54. The predicted molar refractivity (Wildman–Crippen MR) is 63.9 cm³/mol. The molecule has 0 bridgehead atoms. The van der Waals surface area contributed by atoms with Crippen molar-refractivity contribution in [2.75, 3.05) is 7.11 Å². The highest BCUT2D eigenvalue weighted by Crippen LogP contribution is 2.42. The van der Waals surface area contributed by atoms with E-state index in [0.717, 1.165) is 5.88 Å². The molecule has 88 valence electrons. The average molecular weight is 220 g/mol. The molecule has 1 aliphatic carbocycles. The molecule has 1 aromatic rings. The van der Waals surface area contributed by atoms with Gasteiger partial charge in [0.15, 0.2) is 0 Å². The Kier molecular flexibility index (Phi) is 2.87. The zero-order chi connectivity index (χ0) is 11.8. The van der Waals surface area contributed by atoms with Gasteiger partial charge >= 0.3 is 0 Å². The molecule has 0 aromatic carbocycles. The lowest BCUT2D eigenvalue weighted by Crippen LogP contribution is -2.22. The molecule has 2 rings (SSSR count). The molecule has 0 aliphatic heterocycles. The van der Waals surface area contributed by atoms with Gasteiger partial charge in [-0.1, -0.05) is 27.2 Å². The van der Waals surface area contributed by atoms with Gasteiger partial charge in [-0.3, -0.25) is 0 Å². The lowest BCUT2D eigenvalue weighted by Gasteiger charge is -2.31. The molecule has 0 saturated heterocycles. The van der Waals surface area contributed by atoms with E-state index in [4.69, 9.17) is 4.74 Å². The molecule has 1 saturated carbocycles. The van der Waals surface area contributed by atoms with Gasteiger partial charge in [-0.15, -0.1) is 0 Å². The van der Waals surface area contributed by atoms with Crippen molar-refractivity contribution in [1.82, 2.24) is 9.97 Å². The van der Waals surface area contributed by atoms with Crippen molar-refractivity contribution in [1.29, 1.82) is 0 Å². The maximum atomic E-state index is 5.38. The molecule has 0 atom stereocenters. The van der Waals surface area contributed by atoms with Crippen molar-refractivity contribution in [3.63, 3.8) is 0 Å². The number of hydrogen-bond donors (Lipinski definition) is 0. The normalized spacial score (nSPS) is 17.0. The molecular formula is C13H20N2O. The second-order valence-corrected chi connectivity index (χ2v) is 5.52. The largest absolute Gasteiger partial charge is 0.481 e. The van der Waals surface area contributed by atoms with Gasteiger partial charge in [-0.2, -0.15) is 0 Å². The van der Waals surface area contributed by atoms with Crippen LogP contribution >= 0.6 is 0 Å². The Morgan fingerprint density at radius 3 is 2.38 bits per heavy atom. The summed E-state index contributed by atoms with van der Waals surface area (Å²) in [6.45, 7) is 6.57. The van der Waals surface area contributed by atoms with Crippen LogP contribution in [0.4, 0.5) is 0 Å². The van der Waals surface area contributed by atoms with Crippen LogP contribution in [0, 0.1) is 0 Å². The predicted octanol–water partition coefficient (Wildman–Crippen LogP) is 3.05. The molecule has 16 heavy (non-hydrogen) atoms. The summed E-state index contributed by atoms with van der Waals surface area (Å²) in [6.07, 6.45) is 5.45. The van der Waals surface area contributed by atoms with Gasteiger partial charge in [0.05, 0.1) is 12.8 Å². The van der Waals surface area contributed by atoms with E-state index in [-0.39, 0.29) is 5.41 Å². The zero-order valence-corrected chi connectivity index (χ0v) is 10.6. The molecule has 1 aromatic heterocycles. The van der Waals surface area contributed by atoms with E-state index in [9.17, 15) is 0 Å². The summed E-state index contributed by atoms with van der Waals surface area (Å²) in [7, 11) is 1.68. The second-order valence-electron chi connectivity index (χ2n) is 5.52. The molecule has 1 fully saturated rings. The Morgan fingerprint density at radius 2 is 1.94 bits per heavy atom. The average Bonchev–Trinajstić information content (AvgIpc) is 2.13. The fourth-order valence-electron chi connectivity index (χ4n) is 2.23. The van der Waals surface area contributed by atoms with Crippen LogP contribution in [0.25, 0.3) is 0 Å². The minimum atomic E-state index is 0.0392. The van der Waals surface area contributed by atoms with E-state index in [0.29, 0.717) is 5.92 Å². The lowest BCUT2D eigenvalue weighted by molar-refractivity contribution is 0.360. The summed E-state index contributed by atoms with van der Waals surface area (Å²) in [5.74, 6) is 1.36. The fourth-order valence-corrected chi connectivity index (χ4v) is 2.23. The summed E-state index contributed by atoms with van der Waals surface area (Å²) in [6, 6.07) is 0. The Hall–Kier alpha value is -1.12. The van der Waals surface area contributed by atoms with Crippen LogP contribution in [-0.2, 0) is 5.41 Å². The fraction of sp³-hybridized carbons (Fsp3) is 0.692. The summed E-state index contributed by atoms with van der Waals surface area (Å²) in [4.78, 5) is 8.72. The second kappa shape index (κ2) is 4.04.